The quantitative estimate of drug-likeness (QED) is 0.384. The molecule has 0 spiro atoms. The van der Waals surface area contributed by atoms with Gasteiger partial charge in [0.15, 0.2) is 0 Å². The van der Waals surface area contributed by atoms with E-state index in [2.05, 4.69) is 5.32 Å². The molecule has 0 saturated carbocycles. The largest absolute Gasteiger partial charge is 0.494 e. The molecule has 0 saturated heterocycles. The van der Waals surface area contributed by atoms with Gasteiger partial charge in [-0.05, 0) is 32.1 Å². The molecule has 0 atom stereocenters. The van der Waals surface area contributed by atoms with Crippen molar-refractivity contribution in [1.82, 2.24) is 5.32 Å². The van der Waals surface area contributed by atoms with Gasteiger partial charge in [-0.3, -0.25) is 0 Å². The normalized spacial score (nSPS) is 13.3. The third-order valence-corrected chi connectivity index (χ3v) is 1.79. The summed E-state index contributed by atoms with van der Waals surface area (Å²) in [5.74, 6) is 0.806. The molecule has 86 valence electrons. The van der Waals surface area contributed by atoms with Crippen LogP contribution in [0.4, 0.5) is 0 Å². The van der Waals surface area contributed by atoms with Gasteiger partial charge in [-0.25, -0.2) is 0 Å². The van der Waals surface area contributed by atoms with Crippen LogP contribution in [-0.4, -0.2) is 25.4 Å². The second-order valence-electron chi connectivity index (χ2n) is 3.09. The van der Waals surface area contributed by atoms with E-state index in [0.29, 0.717) is 13.0 Å². The standard InChI is InChI=1S/C12H21NO2/c1-4-6-12(15-10-5-9-14)8-7-11(2)13-3/h4,6-8,13-14H,5,9-10H2,1-3H3/b6-4-,11-7+,12-8+. The van der Waals surface area contributed by atoms with Gasteiger partial charge >= 0.3 is 0 Å². The average molecular weight is 211 g/mol. The maximum atomic E-state index is 8.63. The maximum absolute atomic E-state index is 8.63. The molecule has 0 aliphatic rings. The van der Waals surface area contributed by atoms with Gasteiger partial charge in [0.2, 0.25) is 0 Å². The summed E-state index contributed by atoms with van der Waals surface area (Å²) < 4.78 is 5.46. The Balaban J connectivity index is 4.25. The zero-order valence-electron chi connectivity index (χ0n) is 9.79. The number of hydrogen-bond donors (Lipinski definition) is 2. The minimum atomic E-state index is 0.161. The number of nitrogens with one attached hydrogen (secondary N) is 1. The maximum Gasteiger partial charge on any atom is 0.119 e. The minimum absolute atomic E-state index is 0.161. The second-order valence-corrected chi connectivity index (χ2v) is 3.09. The van der Waals surface area contributed by atoms with Gasteiger partial charge in [-0.15, -0.1) is 0 Å². The molecule has 0 radical (unpaired) electrons. The van der Waals surface area contributed by atoms with Gasteiger partial charge in [0.05, 0.1) is 6.61 Å². The Bertz CT molecular complexity index is 242. The summed E-state index contributed by atoms with van der Waals surface area (Å²) in [4.78, 5) is 0. The van der Waals surface area contributed by atoms with E-state index in [-0.39, 0.29) is 6.61 Å². The van der Waals surface area contributed by atoms with Crippen molar-refractivity contribution in [3.8, 4) is 0 Å². The Kier molecular flexibility index (Phi) is 8.58. The second kappa shape index (κ2) is 9.34. The molecule has 0 aliphatic carbocycles. The van der Waals surface area contributed by atoms with Gasteiger partial charge in [0, 0.05) is 25.8 Å². The molecule has 0 bridgehead atoms. The monoisotopic (exact) mass is 211 g/mol. The summed E-state index contributed by atoms with van der Waals surface area (Å²) in [7, 11) is 1.88. The predicted molar refractivity (Wildman–Crippen MR) is 63.4 cm³/mol. The number of aliphatic hydroxyl groups excluding tert-OH is 1. The van der Waals surface area contributed by atoms with Crippen molar-refractivity contribution in [2.24, 2.45) is 0 Å². The zero-order valence-corrected chi connectivity index (χ0v) is 9.79. The van der Waals surface area contributed by atoms with Gasteiger partial charge < -0.3 is 15.2 Å². The SMILES string of the molecule is C\C=C/C(=C\C=C(/C)NC)OCCCO. The molecule has 2 N–H and O–H groups in total. The number of rotatable bonds is 7. The number of allylic oxidation sites excluding steroid dienone is 5. The number of ether oxygens (including phenoxy) is 1. The summed E-state index contributed by atoms with van der Waals surface area (Å²) in [5, 5.41) is 11.7. The topological polar surface area (TPSA) is 41.5 Å². The smallest absolute Gasteiger partial charge is 0.119 e. The van der Waals surface area contributed by atoms with Gasteiger partial charge in [0.25, 0.3) is 0 Å². The van der Waals surface area contributed by atoms with Crippen LogP contribution in [0.15, 0.2) is 35.8 Å². The van der Waals surface area contributed by atoms with Crippen molar-refractivity contribution in [2.75, 3.05) is 20.3 Å². The molecule has 3 nitrogen and oxygen atoms in total. The van der Waals surface area contributed by atoms with Crippen molar-refractivity contribution in [1.29, 1.82) is 0 Å². The van der Waals surface area contributed by atoms with Crippen molar-refractivity contribution in [3.05, 3.63) is 35.8 Å². The van der Waals surface area contributed by atoms with E-state index in [1.807, 2.05) is 45.2 Å². The predicted octanol–water partition coefficient (Wildman–Crippen LogP) is 1.97. The first-order chi connectivity index (χ1) is 7.24. The zero-order chi connectivity index (χ0) is 11.5. The summed E-state index contributed by atoms with van der Waals surface area (Å²) in [6.07, 6.45) is 8.34. The third-order valence-electron chi connectivity index (χ3n) is 1.79. The Morgan fingerprint density at radius 3 is 2.67 bits per heavy atom. The highest BCUT2D eigenvalue weighted by Crippen LogP contribution is 2.02. The average Bonchev–Trinajstić information content (AvgIpc) is 2.25. The van der Waals surface area contributed by atoms with E-state index >= 15 is 0 Å². The highest BCUT2D eigenvalue weighted by molar-refractivity contribution is 5.20. The van der Waals surface area contributed by atoms with Crippen LogP contribution in [-0.2, 0) is 4.74 Å². The molecule has 3 heteroatoms. The fraction of sp³-hybridized carbons (Fsp3) is 0.500. The van der Waals surface area contributed by atoms with Crippen molar-refractivity contribution in [3.63, 3.8) is 0 Å². The van der Waals surface area contributed by atoms with Crippen molar-refractivity contribution < 1.29 is 9.84 Å². The molecule has 15 heavy (non-hydrogen) atoms. The van der Waals surface area contributed by atoms with E-state index < -0.39 is 0 Å². The fourth-order valence-corrected chi connectivity index (χ4v) is 0.861. The number of aliphatic hydroxyl groups is 1. The Hall–Kier alpha value is -1.22. The van der Waals surface area contributed by atoms with Gasteiger partial charge in [-0.1, -0.05) is 6.08 Å². The molecule has 0 heterocycles. The van der Waals surface area contributed by atoms with Crippen LogP contribution in [0, 0.1) is 0 Å². The van der Waals surface area contributed by atoms with Gasteiger partial charge in [-0.2, -0.15) is 0 Å². The molecule has 0 rings (SSSR count). The van der Waals surface area contributed by atoms with Crippen LogP contribution in [0.25, 0.3) is 0 Å². The molecule has 0 amide bonds. The van der Waals surface area contributed by atoms with Crippen LogP contribution >= 0.6 is 0 Å². The third kappa shape index (κ3) is 7.82. The first kappa shape index (κ1) is 13.8. The van der Waals surface area contributed by atoms with E-state index in [9.17, 15) is 0 Å². The lowest BCUT2D eigenvalue weighted by molar-refractivity contribution is 0.184. The van der Waals surface area contributed by atoms with E-state index in [0.717, 1.165) is 11.5 Å². The molecule has 0 aliphatic heterocycles. The Morgan fingerprint density at radius 2 is 2.13 bits per heavy atom. The van der Waals surface area contributed by atoms with Crippen LogP contribution in [0.5, 0.6) is 0 Å². The lowest BCUT2D eigenvalue weighted by Gasteiger charge is -2.05. The highest BCUT2D eigenvalue weighted by atomic mass is 16.5. The van der Waals surface area contributed by atoms with E-state index in [1.54, 1.807) is 0 Å². The lowest BCUT2D eigenvalue weighted by Crippen LogP contribution is -2.01. The Labute approximate surface area is 92.1 Å². The lowest BCUT2D eigenvalue weighted by atomic mass is 10.3. The first-order valence-corrected chi connectivity index (χ1v) is 5.17. The van der Waals surface area contributed by atoms with Gasteiger partial charge in [0.1, 0.15) is 5.76 Å². The van der Waals surface area contributed by atoms with Crippen LogP contribution in [0.2, 0.25) is 0 Å². The molecule has 0 aromatic rings. The Morgan fingerprint density at radius 1 is 1.40 bits per heavy atom. The summed E-state index contributed by atoms with van der Waals surface area (Å²) in [5.41, 5.74) is 1.07. The summed E-state index contributed by atoms with van der Waals surface area (Å²) >= 11 is 0. The summed E-state index contributed by atoms with van der Waals surface area (Å²) in [6, 6.07) is 0. The van der Waals surface area contributed by atoms with E-state index in [1.165, 1.54) is 0 Å². The molecular weight excluding hydrogens is 190 g/mol. The van der Waals surface area contributed by atoms with Crippen LogP contribution in [0.3, 0.4) is 0 Å². The number of hydrogen-bond acceptors (Lipinski definition) is 3. The van der Waals surface area contributed by atoms with Crippen LogP contribution < -0.4 is 5.32 Å². The van der Waals surface area contributed by atoms with Crippen molar-refractivity contribution in [2.45, 2.75) is 20.3 Å². The highest BCUT2D eigenvalue weighted by Gasteiger charge is 1.91. The molecule has 0 unspecified atom stereocenters. The molecular formula is C12H21NO2. The molecule has 0 aromatic carbocycles. The summed E-state index contributed by atoms with van der Waals surface area (Å²) in [6.45, 7) is 4.63. The first-order valence-electron chi connectivity index (χ1n) is 5.17. The van der Waals surface area contributed by atoms with E-state index in [4.69, 9.17) is 9.84 Å². The molecule has 0 fully saturated rings. The van der Waals surface area contributed by atoms with Crippen molar-refractivity contribution >= 4 is 0 Å². The molecule has 0 aromatic heterocycles. The van der Waals surface area contributed by atoms with Crippen LogP contribution in [0.1, 0.15) is 20.3 Å². The fourth-order valence-electron chi connectivity index (χ4n) is 0.861. The minimum Gasteiger partial charge on any atom is -0.494 e.